The smallest absolute Gasteiger partial charge is 0.339 e. The second-order valence-corrected chi connectivity index (χ2v) is 5.77. The van der Waals surface area contributed by atoms with Gasteiger partial charge in [-0.3, -0.25) is 0 Å². The Hall–Kier alpha value is -2.68. The summed E-state index contributed by atoms with van der Waals surface area (Å²) in [5.74, 6) is 2.40. The highest BCUT2D eigenvalue weighted by molar-refractivity contribution is 6.37. The highest BCUT2D eigenvalue weighted by atomic mass is 35.5. The number of halogens is 2. The quantitative estimate of drug-likeness (QED) is 0.492. The molecule has 0 bridgehead atoms. The van der Waals surface area contributed by atoms with Gasteiger partial charge in [0.2, 0.25) is 5.89 Å². The van der Waals surface area contributed by atoms with Crippen molar-refractivity contribution in [1.29, 1.82) is 0 Å². The Balaban J connectivity index is 1.99. The minimum atomic E-state index is -0.528. The summed E-state index contributed by atoms with van der Waals surface area (Å²) in [4.78, 5) is 16.2. The number of benzene rings is 2. The number of methoxy groups -OCH3 is 1. The number of fused-ring (bicyclic) bond motifs is 1. The lowest BCUT2D eigenvalue weighted by molar-refractivity contribution is 0.0557. The fraction of sp³-hybridized carbons (Fsp3) is 0.111. The monoisotopic (exact) mass is 375 g/mol. The molecular formula is C18H11Cl2NO4. The van der Waals surface area contributed by atoms with Crippen molar-refractivity contribution < 1.29 is 18.7 Å². The molecule has 0 aliphatic heterocycles. The van der Waals surface area contributed by atoms with Crippen molar-refractivity contribution in [2.24, 2.45) is 0 Å². The molecule has 0 aliphatic carbocycles. The summed E-state index contributed by atoms with van der Waals surface area (Å²) in [6.45, 7) is -0.0935. The number of carbonyl (C=O) groups is 1. The maximum absolute atomic E-state index is 11.9. The van der Waals surface area contributed by atoms with Gasteiger partial charge in [0.25, 0.3) is 0 Å². The van der Waals surface area contributed by atoms with Crippen LogP contribution in [0.2, 0.25) is 10.0 Å². The number of oxazole rings is 1. The molecule has 0 saturated carbocycles. The minimum absolute atomic E-state index is 0.0935. The standard InChI is InChI=1S/C18H11Cl2NO4/c1-3-6-24-18(22)10-4-5-15-14(9-10)21-17(25-15)11-7-12(19)16(23-2)13(20)8-11/h1,4-5,7-9H,6H2,2H3. The van der Waals surface area contributed by atoms with E-state index in [4.69, 9.17) is 43.5 Å². The van der Waals surface area contributed by atoms with Gasteiger partial charge in [-0.15, -0.1) is 6.42 Å². The molecule has 126 valence electrons. The van der Waals surface area contributed by atoms with E-state index in [2.05, 4.69) is 10.9 Å². The van der Waals surface area contributed by atoms with Gasteiger partial charge >= 0.3 is 5.97 Å². The van der Waals surface area contributed by atoms with Crippen molar-refractivity contribution in [3.05, 3.63) is 45.9 Å². The summed E-state index contributed by atoms with van der Waals surface area (Å²) in [5, 5.41) is 0.677. The molecule has 7 heteroatoms. The average molecular weight is 376 g/mol. The molecule has 0 aliphatic rings. The zero-order valence-electron chi connectivity index (χ0n) is 13.0. The Labute approximate surface area is 153 Å². The van der Waals surface area contributed by atoms with E-state index >= 15 is 0 Å². The number of rotatable bonds is 4. The van der Waals surface area contributed by atoms with Gasteiger partial charge in [0.15, 0.2) is 17.9 Å². The molecule has 0 N–H and O–H groups in total. The van der Waals surface area contributed by atoms with Crippen LogP contribution < -0.4 is 4.74 Å². The first-order valence-corrected chi connectivity index (χ1v) is 7.83. The van der Waals surface area contributed by atoms with Gasteiger partial charge in [-0.1, -0.05) is 29.1 Å². The normalized spacial score (nSPS) is 10.5. The van der Waals surface area contributed by atoms with E-state index in [9.17, 15) is 4.79 Å². The third kappa shape index (κ3) is 3.41. The number of esters is 1. The lowest BCUT2D eigenvalue weighted by Crippen LogP contribution is -2.04. The van der Waals surface area contributed by atoms with E-state index < -0.39 is 5.97 Å². The van der Waals surface area contributed by atoms with Crippen LogP contribution in [0.3, 0.4) is 0 Å². The molecule has 1 heterocycles. The molecule has 5 nitrogen and oxygen atoms in total. The number of ether oxygens (including phenoxy) is 2. The van der Waals surface area contributed by atoms with E-state index in [1.54, 1.807) is 30.3 Å². The second-order valence-electron chi connectivity index (χ2n) is 4.95. The molecule has 3 aromatic rings. The number of carbonyl (C=O) groups excluding carboxylic acids is 1. The molecule has 0 amide bonds. The number of nitrogens with zero attached hydrogens (tertiary/aromatic N) is 1. The molecule has 0 radical (unpaired) electrons. The van der Waals surface area contributed by atoms with Gasteiger partial charge in [-0.25, -0.2) is 9.78 Å². The largest absolute Gasteiger partial charge is 0.494 e. The average Bonchev–Trinajstić information content (AvgIpc) is 3.02. The Kier molecular flexibility index (Phi) is 4.84. The van der Waals surface area contributed by atoms with Crippen molar-refractivity contribution in [2.45, 2.75) is 0 Å². The van der Waals surface area contributed by atoms with Crippen LogP contribution in [0.5, 0.6) is 5.75 Å². The Morgan fingerprint density at radius 1 is 1.28 bits per heavy atom. The first kappa shape index (κ1) is 17.2. The molecule has 1 aromatic heterocycles. The Morgan fingerprint density at radius 3 is 2.64 bits per heavy atom. The summed E-state index contributed by atoms with van der Waals surface area (Å²) in [5.41, 5.74) is 1.91. The molecule has 0 spiro atoms. The minimum Gasteiger partial charge on any atom is -0.494 e. The number of terminal acetylenes is 1. The molecule has 25 heavy (non-hydrogen) atoms. The van der Waals surface area contributed by atoms with Gasteiger partial charge in [0, 0.05) is 5.56 Å². The molecule has 0 saturated heterocycles. The second kappa shape index (κ2) is 7.06. The fourth-order valence-corrected chi connectivity index (χ4v) is 2.89. The zero-order valence-corrected chi connectivity index (χ0v) is 14.5. The van der Waals surface area contributed by atoms with Crippen LogP contribution in [0.15, 0.2) is 34.7 Å². The summed E-state index contributed by atoms with van der Waals surface area (Å²) in [7, 11) is 1.48. The molecule has 0 unspecified atom stereocenters. The Morgan fingerprint density at radius 2 is 2.00 bits per heavy atom. The van der Waals surface area contributed by atoms with E-state index in [1.165, 1.54) is 7.11 Å². The van der Waals surface area contributed by atoms with E-state index in [0.717, 1.165) is 0 Å². The van der Waals surface area contributed by atoms with Gasteiger partial charge in [-0.2, -0.15) is 0 Å². The lowest BCUT2D eigenvalue weighted by Gasteiger charge is -2.06. The summed E-state index contributed by atoms with van der Waals surface area (Å²) in [6, 6.07) is 8.04. The van der Waals surface area contributed by atoms with Crippen molar-refractivity contribution in [2.75, 3.05) is 13.7 Å². The van der Waals surface area contributed by atoms with E-state index in [0.29, 0.717) is 43.9 Å². The highest BCUT2D eigenvalue weighted by Gasteiger charge is 2.16. The van der Waals surface area contributed by atoms with Crippen LogP contribution in [0.1, 0.15) is 10.4 Å². The Bertz CT molecular complexity index is 981. The van der Waals surface area contributed by atoms with Crippen LogP contribution in [-0.4, -0.2) is 24.7 Å². The number of aromatic nitrogens is 1. The van der Waals surface area contributed by atoms with Gasteiger partial charge in [-0.05, 0) is 30.3 Å². The van der Waals surface area contributed by atoms with Crippen LogP contribution in [-0.2, 0) is 4.74 Å². The first-order chi connectivity index (χ1) is 12.0. The third-order valence-electron chi connectivity index (χ3n) is 3.36. The number of hydrogen-bond donors (Lipinski definition) is 0. The third-order valence-corrected chi connectivity index (χ3v) is 3.92. The van der Waals surface area contributed by atoms with Gasteiger partial charge < -0.3 is 13.9 Å². The van der Waals surface area contributed by atoms with Crippen molar-refractivity contribution in [3.63, 3.8) is 0 Å². The molecule has 0 fully saturated rings. The SMILES string of the molecule is C#CCOC(=O)c1ccc2oc(-c3cc(Cl)c(OC)c(Cl)c3)nc2c1. The molecule has 2 aromatic carbocycles. The van der Waals surface area contributed by atoms with Crippen molar-refractivity contribution >= 4 is 40.3 Å². The fourth-order valence-electron chi connectivity index (χ4n) is 2.25. The van der Waals surface area contributed by atoms with Crippen LogP contribution in [0, 0.1) is 12.3 Å². The summed E-state index contributed by atoms with van der Waals surface area (Å²) >= 11 is 12.3. The topological polar surface area (TPSA) is 61.6 Å². The molecule has 3 rings (SSSR count). The highest BCUT2D eigenvalue weighted by Crippen LogP contribution is 2.37. The van der Waals surface area contributed by atoms with Gasteiger partial charge in [0.1, 0.15) is 5.52 Å². The first-order valence-electron chi connectivity index (χ1n) is 7.08. The van der Waals surface area contributed by atoms with E-state index in [1.807, 2.05) is 0 Å². The van der Waals surface area contributed by atoms with Crippen LogP contribution in [0.25, 0.3) is 22.6 Å². The number of hydrogen-bond acceptors (Lipinski definition) is 5. The van der Waals surface area contributed by atoms with Crippen LogP contribution in [0.4, 0.5) is 0 Å². The lowest BCUT2D eigenvalue weighted by atomic mass is 10.2. The molecular weight excluding hydrogens is 365 g/mol. The maximum atomic E-state index is 11.9. The van der Waals surface area contributed by atoms with Crippen molar-refractivity contribution in [1.82, 2.24) is 4.98 Å². The zero-order chi connectivity index (χ0) is 18.0. The van der Waals surface area contributed by atoms with E-state index in [-0.39, 0.29) is 6.61 Å². The van der Waals surface area contributed by atoms with Crippen molar-refractivity contribution in [3.8, 4) is 29.5 Å². The summed E-state index contributed by atoms with van der Waals surface area (Å²) < 4.78 is 15.7. The predicted octanol–water partition coefficient (Wildman–Crippen LogP) is 4.60. The maximum Gasteiger partial charge on any atom is 0.339 e. The molecule has 0 atom stereocenters. The predicted molar refractivity (Wildman–Crippen MR) is 95.1 cm³/mol. The van der Waals surface area contributed by atoms with Gasteiger partial charge in [0.05, 0.1) is 22.7 Å². The summed E-state index contributed by atoms with van der Waals surface area (Å²) in [6.07, 6.45) is 5.07. The van der Waals surface area contributed by atoms with Crippen LogP contribution >= 0.6 is 23.2 Å².